The molecule has 2 aromatic rings. The van der Waals surface area contributed by atoms with Crippen molar-refractivity contribution in [1.82, 2.24) is 0 Å². The van der Waals surface area contributed by atoms with E-state index in [9.17, 15) is 9.59 Å². The van der Waals surface area contributed by atoms with Gasteiger partial charge in [-0.15, -0.1) is 0 Å². The molecule has 1 unspecified atom stereocenters. The first-order chi connectivity index (χ1) is 10.0. The number of ether oxygens (including phenoxy) is 1. The van der Waals surface area contributed by atoms with Crippen LogP contribution in [0.25, 0.3) is 0 Å². The van der Waals surface area contributed by atoms with E-state index in [1.807, 2.05) is 0 Å². The van der Waals surface area contributed by atoms with Crippen LogP contribution in [0.4, 0.5) is 11.4 Å². The van der Waals surface area contributed by atoms with Crippen molar-refractivity contribution in [2.45, 2.75) is 13.0 Å². The largest absolute Gasteiger partial charge is 0.479 e. The van der Waals surface area contributed by atoms with Crippen molar-refractivity contribution in [1.29, 1.82) is 0 Å². The number of furan rings is 1. The Morgan fingerprint density at radius 1 is 1.33 bits per heavy atom. The fourth-order valence-corrected chi connectivity index (χ4v) is 2.06. The van der Waals surface area contributed by atoms with Crippen LogP contribution in [0.1, 0.15) is 17.5 Å². The molecule has 0 saturated carbocycles. The number of hydrogen-bond acceptors (Lipinski definition) is 4. The predicted octanol–water partition coefficient (Wildman–Crippen LogP) is 2.90. The highest BCUT2D eigenvalue weighted by molar-refractivity contribution is 6.29. The van der Waals surface area contributed by atoms with Gasteiger partial charge >= 0.3 is 0 Å². The fourth-order valence-electron chi connectivity index (χ4n) is 1.92. The maximum absolute atomic E-state index is 11.9. The average molecular weight is 307 g/mol. The number of halogens is 1. The Kier molecular flexibility index (Phi) is 3.31. The minimum atomic E-state index is -0.539. The van der Waals surface area contributed by atoms with E-state index < -0.39 is 12.0 Å². The SMILES string of the molecule is CC1Oc2ccc(NC(=O)c3ccc(Cl)o3)cc2NC1=O. The van der Waals surface area contributed by atoms with E-state index in [1.165, 1.54) is 12.1 Å². The number of nitrogens with one attached hydrogen (secondary N) is 2. The van der Waals surface area contributed by atoms with Gasteiger partial charge < -0.3 is 19.8 Å². The standard InChI is InChI=1S/C14H11ClN2O4/c1-7-13(18)17-9-6-8(2-3-10(9)20-7)16-14(19)11-4-5-12(15)21-11/h2-7H,1H3,(H,16,19)(H,17,18). The summed E-state index contributed by atoms with van der Waals surface area (Å²) in [5.41, 5.74) is 1.01. The van der Waals surface area contributed by atoms with Crippen LogP contribution in [0.15, 0.2) is 34.7 Å². The maximum Gasteiger partial charge on any atom is 0.291 e. The Morgan fingerprint density at radius 3 is 2.86 bits per heavy atom. The molecule has 1 aliphatic rings. The van der Waals surface area contributed by atoms with Crippen LogP contribution in [0.3, 0.4) is 0 Å². The van der Waals surface area contributed by atoms with Crippen molar-refractivity contribution >= 4 is 34.8 Å². The molecule has 2 N–H and O–H groups in total. The van der Waals surface area contributed by atoms with Crippen LogP contribution in [-0.4, -0.2) is 17.9 Å². The van der Waals surface area contributed by atoms with Crippen LogP contribution >= 0.6 is 11.6 Å². The number of carbonyl (C=O) groups is 2. The molecule has 2 heterocycles. The highest BCUT2D eigenvalue weighted by atomic mass is 35.5. The van der Waals surface area contributed by atoms with Crippen molar-refractivity contribution in [2.24, 2.45) is 0 Å². The van der Waals surface area contributed by atoms with Gasteiger partial charge in [-0.25, -0.2) is 0 Å². The van der Waals surface area contributed by atoms with Crippen LogP contribution in [0.5, 0.6) is 5.75 Å². The third-order valence-electron chi connectivity index (χ3n) is 2.97. The quantitative estimate of drug-likeness (QED) is 0.894. The molecule has 2 amide bonds. The van der Waals surface area contributed by atoms with E-state index in [4.69, 9.17) is 20.8 Å². The third kappa shape index (κ3) is 2.71. The van der Waals surface area contributed by atoms with Crippen molar-refractivity contribution < 1.29 is 18.7 Å². The molecule has 0 saturated heterocycles. The molecule has 0 spiro atoms. The minimum absolute atomic E-state index is 0.103. The number of rotatable bonds is 2. The molecule has 3 rings (SSSR count). The molecular weight excluding hydrogens is 296 g/mol. The lowest BCUT2D eigenvalue weighted by Gasteiger charge is -2.23. The van der Waals surface area contributed by atoms with Gasteiger partial charge in [0.05, 0.1) is 5.69 Å². The Morgan fingerprint density at radius 2 is 2.14 bits per heavy atom. The molecule has 0 bridgehead atoms. The second-order valence-corrected chi connectivity index (χ2v) is 4.89. The number of carbonyl (C=O) groups excluding carboxylic acids is 2. The van der Waals surface area contributed by atoms with E-state index in [2.05, 4.69) is 10.6 Å². The van der Waals surface area contributed by atoms with Gasteiger partial charge in [0.15, 0.2) is 17.1 Å². The second-order valence-electron chi connectivity index (χ2n) is 4.52. The summed E-state index contributed by atoms with van der Waals surface area (Å²) in [6.07, 6.45) is -0.539. The molecule has 0 aliphatic carbocycles. The van der Waals surface area contributed by atoms with Crippen molar-refractivity contribution in [2.75, 3.05) is 10.6 Å². The van der Waals surface area contributed by atoms with E-state index in [0.29, 0.717) is 17.1 Å². The molecule has 1 aliphatic heterocycles. The smallest absolute Gasteiger partial charge is 0.291 e. The maximum atomic E-state index is 11.9. The Labute approximate surface area is 125 Å². The van der Waals surface area contributed by atoms with Crippen molar-refractivity contribution in [3.63, 3.8) is 0 Å². The lowest BCUT2D eigenvalue weighted by molar-refractivity contribution is -0.122. The summed E-state index contributed by atoms with van der Waals surface area (Å²) >= 11 is 5.62. The normalized spacial score (nSPS) is 16.7. The minimum Gasteiger partial charge on any atom is -0.479 e. The molecule has 6 nitrogen and oxygen atoms in total. The van der Waals surface area contributed by atoms with E-state index in [0.717, 1.165) is 0 Å². The molecule has 0 fully saturated rings. The van der Waals surface area contributed by atoms with Gasteiger partial charge in [0.25, 0.3) is 11.8 Å². The molecule has 1 aromatic carbocycles. The Balaban J connectivity index is 1.80. The average Bonchev–Trinajstić information content (AvgIpc) is 2.87. The number of hydrogen-bond donors (Lipinski definition) is 2. The van der Waals surface area contributed by atoms with E-state index in [-0.39, 0.29) is 16.9 Å². The summed E-state index contributed by atoms with van der Waals surface area (Å²) in [5, 5.41) is 5.50. The first-order valence-corrected chi connectivity index (χ1v) is 6.59. The van der Waals surface area contributed by atoms with Crippen molar-refractivity contribution in [3.8, 4) is 5.75 Å². The Bertz CT molecular complexity index is 726. The van der Waals surface area contributed by atoms with Gasteiger partial charge in [0.2, 0.25) is 0 Å². The van der Waals surface area contributed by atoms with Crippen LogP contribution in [0, 0.1) is 0 Å². The zero-order valence-corrected chi connectivity index (χ0v) is 11.7. The fraction of sp³-hybridized carbons (Fsp3) is 0.143. The summed E-state index contributed by atoms with van der Waals surface area (Å²) in [4.78, 5) is 23.5. The zero-order valence-electron chi connectivity index (χ0n) is 11.0. The summed E-state index contributed by atoms with van der Waals surface area (Å²) in [7, 11) is 0. The molecule has 0 radical (unpaired) electrons. The molecule has 1 aromatic heterocycles. The van der Waals surface area contributed by atoms with Crippen LogP contribution < -0.4 is 15.4 Å². The van der Waals surface area contributed by atoms with Crippen LogP contribution in [-0.2, 0) is 4.79 Å². The predicted molar refractivity (Wildman–Crippen MR) is 76.8 cm³/mol. The first kappa shape index (κ1) is 13.5. The summed E-state index contributed by atoms with van der Waals surface area (Å²) < 4.78 is 10.5. The highest BCUT2D eigenvalue weighted by Crippen LogP contribution is 2.32. The number of fused-ring (bicyclic) bond motifs is 1. The lowest BCUT2D eigenvalue weighted by atomic mass is 10.2. The van der Waals surface area contributed by atoms with Gasteiger partial charge in [-0.2, -0.15) is 0 Å². The second kappa shape index (κ2) is 5.14. The van der Waals surface area contributed by atoms with Gasteiger partial charge in [0, 0.05) is 5.69 Å². The zero-order chi connectivity index (χ0) is 15.0. The summed E-state index contributed by atoms with van der Waals surface area (Å²) in [6, 6.07) is 7.92. The molecular formula is C14H11ClN2O4. The third-order valence-corrected chi connectivity index (χ3v) is 3.17. The monoisotopic (exact) mass is 306 g/mol. The molecule has 108 valence electrons. The molecule has 7 heteroatoms. The van der Waals surface area contributed by atoms with Gasteiger partial charge in [0.1, 0.15) is 5.75 Å². The van der Waals surface area contributed by atoms with Crippen molar-refractivity contribution in [3.05, 3.63) is 41.3 Å². The lowest BCUT2D eigenvalue weighted by Crippen LogP contribution is -2.34. The van der Waals surface area contributed by atoms with E-state index in [1.54, 1.807) is 25.1 Å². The van der Waals surface area contributed by atoms with E-state index >= 15 is 0 Å². The van der Waals surface area contributed by atoms with Gasteiger partial charge in [-0.05, 0) is 48.9 Å². The summed E-state index contributed by atoms with van der Waals surface area (Å²) in [5.74, 6) is -0.00478. The number of anilines is 2. The summed E-state index contributed by atoms with van der Waals surface area (Å²) in [6.45, 7) is 1.66. The molecule has 21 heavy (non-hydrogen) atoms. The Hall–Kier alpha value is -2.47. The number of amides is 2. The first-order valence-electron chi connectivity index (χ1n) is 6.21. The topological polar surface area (TPSA) is 80.6 Å². The number of benzene rings is 1. The van der Waals surface area contributed by atoms with Gasteiger partial charge in [-0.1, -0.05) is 0 Å². The highest BCUT2D eigenvalue weighted by Gasteiger charge is 2.23. The van der Waals surface area contributed by atoms with Crippen LogP contribution in [0.2, 0.25) is 5.22 Å². The van der Waals surface area contributed by atoms with Gasteiger partial charge in [-0.3, -0.25) is 9.59 Å². The molecule has 1 atom stereocenters.